The van der Waals surface area contributed by atoms with Crippen molar-refractivity contribution in [3.63, 3.8) is 0 Å². The second-order valence-electron chi connectivity index (χ2n) is 4.42. The molecule has 2 aromatic carbocycles. The standard InChI is InChI=1S/C14H13Cl2NO3S/c1-9(18)10-5-2-3-8-13(10)17-21(19,20)14-11(15)6-4-7-12(14)16/h2-9,17-18H,1H3. The fourth-order valence-electron chi connectivity index (χ4n) is 1.89. The van der Waals surface area contributed by atoms with Gasteiger partial charge in [-0.2, -0.15) is 0 Å². The molecule has 21 heavy (non-hydrogen) atoms. The molecule has 0 saturated carbocycles. The molecule has 0 amide bonds. The zero-order valence-corrected chi connectivity index (χ0v) is 13.4. The second-order valence-corrected chi connectivity index (χ2v) is 6.85. The van der Waals surface area contributed by atoms with Crippen LogP contribution in [0.15, 0.2) is 47.4 Å². The SMILES string of the molecule is CC(O)c1ccccc1NS(=O)(=O)c1c(Cl)cccc1Cl. The lowest BCUT2D eigenvalue weighted by molar-refractivity contribution is 0.200. The number of rotatable bonds is 4. The third-order valence-corrected chi connectivity index (χ3v) is 5.16. The summed E-state index contributed by atoms with van der Waals surface area (Å²) in [5.74, 6) is 0. The molecule has 0 aliphatic rings. The Morgan fingerprint density at radius 2 is 1.62 bits per heavy atom. The predicted octanol–water partition coefficient (Wildman–Crippen LogP) is 3.85. The van der Waals surface area contributed by atoms with Crippen LogP contribution in [-0.4, -0.2) is 13.5 Å². The lowest BCUT2D eigenvalue weighted by atomic mass is 10.1. The minimum atomic E-state index is -3.96. The molecule has 0 spiro atoms. The maximum atomic E-state index is 12.5. The molecular weight excluding hydrogens is 333 g/mol. The van der Waals surface area contributed by atoms with Gasteiger partial charge in [0.15, 0.2) is 0 Å². The molecule has 0 fully saturated rings. The minimum absolute atomic E-state index is 0.0320. The topological polar surface area (TPSA) is 66.4 Å². The van der Waals surface area contributed by atoms with Gasteiger partial charge in [0.2, 0.25) is 0 Å². The van der Waals surface area contributed by atoms with Crippen LogP contribution < -0.4 is 4.72 Å². The van der Waals surface area contributed by atoms with Gasteiger partial charge in [-0.25, -0.2) is 8.42 Å². The molecular formula is C14H13Cl2NO3S. The van der Waals surface area contributed by atoms with Crippen LogP contribution in [0.25, 0.3) is 0 Å². The van der Waals surface area contributed by atoms with E-state index in [1.807, 2.05) is 0 Å². The highest BCUT2D eigenvalue weighted by molar-refractivity contribution is 7.93. The van der Waals surface area contributed by atoms with Crippen LogP contribution in [0.5, 0.6) is 0 Å². The van der Waals surface area contributed by atoms with Crippen molar-refractivity contribution in [2.24, 2.45) is 0 Å². The fraction of sp³-hybridized carbons (Fsp3) is 0.143. The van der Waals surface area contributed by atoms with E-state index in [0.29, 0.717) is 5.56 Å². The van der Waals surface area contributed by atoms with Crippen LogP contribution in [0.1, 0.15) is 18.6 Å². The molecule has 1 unspecified atom stereocenters. The smallest absolute Gasteiger partial charge is 0.264 e. The first kappa shape index (κ1) is 16.1. The van der Waals surface area contributed by atoms with Crippen molar-refractivity contribution in [1.29, 1.82) is 0 Å². The summed E-state index contributed by atoms with van der Waals surface area (Å²) in [4.78, 5) is -0.186. The van der Waals surface area contributed by atoms with E-state index in [2.05, 4.69) is 4.72 Å². The Bertz CT molecular complexity index is 740. The average molecular weight is 346 g/mol. The molecule has 7 heteroatoms. The van der Waals surface area contributed by atoms with Gasteiger partial charge in [-0.1, -0.05) is 47.5 Å². The Labute approximate surface area is 133 Å². The van der Waals surface area contributed by atoms with E-state index in [1.165, 1.54) is 12.1 Å². The Hall–Kier alpha value is -1.27. The number of hydrogen-bond donors (Lipinski definition) is 2. The summed E-state index contributed by atoms with van der Waals surface area (Å²) in [6.45, 7) is 1.55. The zero-order valence-electron chi connectivity index (χ0n) is 11.0. The normalized spacial score (nSPS) is 13.0. The van der Waals surface area contributed by atoms with Gasteiger partial charge in [-0.15, -0.1) is 0 Å². The summed E-state index contributed by atoms with van der Waals surface area (Å²) in [5.41, 5.74) is 0.743. The Morgan fingerprint density at radius 3 is 2.19 bits per heavy atom. The highest BCUT2D eigenvalue weighted by Crippen LogP contribution is 2.32. The summed E-state index contributed by atoms with van der Waals surface area (Å²) in [7, 11) is -3.96. The number of nitrogens with one attached hydrogen (secondary N) is 1. The summed E-state index contributed by atoms with van der Waals surface area (Å²) in [6.07, 6.45) is -0.814. The summed E-state index contributed by atoms with van der Waals surface area (Å²) < 4.78 is 27.3. The third-order valence-electron chi connectivity index (χ3n) is 2.84. The lowest BCUT2D eigenvalue weighted by Crippen LogP contribution is -2.15. The molecule has 112 valence electrons. The first-order valence-corrected chi connectivity index (χ1v) is 8.30. The van der Waals surface area contributed by atoms with Gasteiger partial charge >= 0.3 is 0 Å². The monoisotopic (exact) mass is 345 g/mol. The van der Waals surface area contributed by atoms with E-state index < -0.39 is 16.1 Å². The van der Waals surface area contributed by atoms with E-state index >= 15 is 0 Å². The number of sulfonamides is 1. The quantitative estimate of drug-likeness (QED) is 0.884. The Morgan fingerprint density at radius 1 is 1.05 bits per heavy atom. The number of benzene rings is 2. The summed E-state index contributed by atoms with van der Waals surface area (Å²) in [5, 5.41) is 9.76. The molecule has 0 bridgehead atoms. The molecule has 2 N–H and O–H groups in total. The largest absolute Gasteiger partial charge is 0.389 e. The molecule has 0 aliphatic heterocycles. The highest BCUT2D eigenvalue weighted by atomic mass is 35.5. The molecule has 2 rings (SSSR count). The van der Waals surface area contributed by atoms with Crippen LogP contribution in [0, 0.1) is 0 Å². The molecule has 2 aromatic rings. The van der Waals surface area contributed by atoms with Gasteiger partial charge in [-0.05, 0) is 25.1 Å². The summed E-state index contributed by atoms with van der Waals surface area (Å²) in [6, 6.07) is 11.0. The third kappa shape index (κ3) is 3.49. The van der Waals surface area contributed by atoms with Gasteiger partial charge in [0.25, 0.3) is 10.0 Å². The minimum Gasteiger partial charge on any atom is -0.389 e. The molecule has 0 radical (unpaired) electrons. The lowest BCUT2D eigenvalue weighted by Gasteiger charge is -2.15. The molecule has 1 atom stereocenters. The Balaban J connectivity index is 2.48. The zero-order chi connectivity index (χ0) is 15.6. The maximum absolute atomic E-state index is 12.5. The molecule has 0 aliphatic carbocycles. The summed E-state index contributed by atoms with van der Waals surface area (Å²) >= 11 is 11.9. The van der Waals surface area contributed by atoms with Crippen molar-refractivity contribution in [2.75, 3.05) is 4.72 Å². The van der Waals surface area contributed by atoms with E-state index in [4.69, 9.17) is 23.2 Å². The first-order chi connectivity index (χ1) is 9.83. The second kappa shape index (κ2) is 6.23. The van der Waals surface area contributed by atoms with E-state index in [0.717, 1.165) is 0 Å². The van der Waals surface area contributed by atoms with Crippen LogP contribution >= 0.6 is 23.2 Å². The van der Waals surface area contributed by atoms with Crippen molar-refractivity contribution in [1.82, 2.24) is 0 Å². The number of halogens is 2. The van der Waals surface area contributed by atoms with Gasteiger partial charge in [0.1, 0.15) is 4.90 Å². The van der Waals surface area contributed by atoms with Gasteiger partial charge < -0.3 is 5.11 Å². The van der Waals surface area contributed by atoms with E-state index in [1.54, 1.807) is 37.3 Å². The van der Waals surface area contributed by atoms with Gasteiger partial charge in [-0.3, -0.25) is 4.72 Å². The number of hydrogen-bond acceptors (Lipinski definition) is 3. The predicted molar refractivity (Wildman–Crippen MR) is 84.3 cm³/mol. The van der Waals surface area contributed by atoms with Crippen LogP contribution in [0.3, 0.4) is 0 Å². The van der Waals surface area contributed by atoms with Crippen LogP contribution in [-0.2, 0) is 10.0 Å². The van der Waals surface area contributed by atoms with Crippen molar-refractivity contribution in [3.05, 3.63) is 58.1 Å². The fourth-order valence-corrected chi connectivity index (χ4v) is 4.12. The van der Waals surface area contributed by atoms with Gasteiger partial charge in [0, 0.05) is 5.56 Å². The molecule has 0 saturated heterocycles. The van der Waals surface area contributed by atoms with Crippen molar-refractivity contribution >= 4 is 38.9 Å². The van der Waals surface area contributed by atoms with E-state index in [-0.39, 0.29) is 20.6 Å². The number of anilines is 1. The highest BCUT2D eigenvalue weighted by Gasteiger charge is 2.23. The number of aliphatic hydroxyl groups is 1. The Kier molecular flexibility index (Phi) is 4.78. The van der Waals surface area contributed by atoms with E-state index in [9.17, 15) is 13.5 Å². The van der Waals surface area contributed by atoms with Crippen molar-refractivity contribution < 1.29 is 13.5 Å². The first-order valence-electron chi connectivity index (χ1n) is 6.07. The van der Waals surface area contributed by atoms with Crippen LogP contribution in [0.2, 0.25) is 10.0 Å². The molecule has 0 aromatic heterocycles. The van der Waals surface area contributed by atoms with Gasteiger partial charge in [0.05, 0.1) is 21.8 Å². The average Bonchev–Trinajstić information content (AvgIpc) is 2.37. The van der Waals surface area contributed by atoms with Crippen molar-refractivity contribution in [3.8, 4) is 0 Å². The van der Waals surface area contributed by atoms with Crippen LogP contribution in [0.4, 0.5) is 5.69 Å². The molecule has 0 heterocycles. The molecule has 4 nitrogen and oxygen atoms in total. The maximum Gasteiger partial charge on any atom is 0.264 e. The number of para-hydroxylation sites is 1. The number of aliphatic hydroxyl groups excluding tert-OH is 1. The van der Waals surface area contributed by atoms with Crippen molar-refractivity contribution in [2.45, 2.75) is 17.9 Å².